The molecule has 4 aromatic rings. The molecule has 6 heteroatoms. The van der Waals surface area contributed by atoms with Crippen molar-refractivity contribution in [2.45, 2.75) is 39.0 Å². The number of aryl methyl sites for hydroxylation is 1. The van der Waals surface area contributed by atoms with E-state index in [4.69, 9.17) is 9.97 Å². The molecular formula is C30H25N5O. The highest BCUT2D eigenvalue weighted by molar-refractivity contribution is 6.02. The number of ketones is 1. The number of carbonyl (C=O) groups excluding carboxylic acids is 1. The molecule has 2 aromatic carbocycles. The number of nitriles is 1. The number of para-hydroxylation sites is 1. The Morgan fingerprint density at radius 1 is 1.03 bits per heavy atom. The summed E-state index contributed by atoms with van der Waals surface area (Å²) in [7, 11) is 0. The van der Waals surface area contributed by atoms with Gasteiger partial charge in [0.25, 0.3) is 0 Å². The van der Waals surface area contributed by atoms with Crippen molar-refractivity contribution in [3.05, 3.63) is 83.3 Å². The Kier molecular flexibility index (Phi) is 5.04. The lowest BCUT2D eigenvalue weighted by molar-refractivity contribution is -0.121. The van der Waals surface area contributed by atoms with Crippen LogP contribution in [0.1, 0.15) is 37.1 Å². The number of hydrogen-bond donors (Lipinski definition) is 0. The molecule has 0 amide bonds. The van der Waals surface area contributed by atoms with Crippen LogP contribution in [-0.4, -0.2) is 25.7 Å². The molecule has 6 rings (SSSR count). The van der Waals surface area contributed by atoms with Crippen LogP contribution in [0.4, 0.5) is 0 Å². The van der Waals surface area contributed by atoms with Gasteiger partial charge >= 0.3 is 0 Å². The number of Topliss-reactive ketones (excluding diaryl/α,β-unsaturated/α-hetero) is 1. The van der Waals surface area contributed by atoms with Gasteiger partial charge in [0, 0.05) is 27.8 Å². The van der Waals surface area contributed by atoms with Gasteiger partial charge in [-0.3, -0.25) is 4.79 Å². The molecule has 0 aliphatic heterocycles. The monoisotopic (exact) mass is 471 g/mol. The number of fused-ring (bicyclic) bond motifs is 4. The average Bonchev–Trinajstić information content (AvgIpc) is 2.90. The van der Waals surface area contributed by atoms with Gasteiger partial charge < -0.3 is 0 Å². The Hall–Kier alpha value is -4.24. The van der Waals surface area contributed by atoms with Crippen LogP contribution in [0.15, 0.2) is 66.5 Å². The lowest BCUT2D eigenvalue weighted by atomic mass is 9.57. The van der Waals surface area contributed by atoms with E-state index in [2.05, 4.69) is 54.2 Å². The summed E-state index contributed by atoms with van der Waals surface area (Å²) >= 11 is 0. The zero-order chi connectivity index (χ0) is 25.0. The smallest absolute Gasteiger partial charge is 0.179 e. The van der Waals surface area contributed by atoms with Gasteiger partial charge in [0.05, 0.1) is 22.5 Å². The summed E-state index contributed by atoms with van der Waals surface area (Å²) in [6, 6.07) is 18.4. The molecule has 0 bridgehead atoms. The summed E-state index contributed by atoms with van der Waals surface area (Å²) in [6.45, 7) is 6.13. The second-order valence-electron chi connectivity index (χ2n) is 10.1. The van der Waals surface area contributed by atoms with Gasteiger partial charge in [-0.1, -0.05) is 68.0 Å². The third-order valence-electron chi connectivity index (χ3n) is 7.92. The SMILES string of the molecule is Cc1ccc(-c2nc(-c3ncnc4ccccc34)nc3c2CC[C@@H]2[C@@H](C)C(=O)C(C#N)=C[C@@]32C)cc1. The fourth-order valence-electron chi connectivity index (χ4n) is 6.01. The average molecular weight is 472 g/mol. The van der Waals surface area contributed by atoms with Gasteiger partial charge in [-0.2, -0.15) is 5.26 Å². The van der Waals surface area contributed by atoms with Crippen LogP contribution in [0.25, 0.3) is 33.7 Å². The quantitative estimate of drug-likeness (QED) is 0.380. The van der Waals surface area contributed by atoms with Crippen LogP contribution < -0.4 is 0 Å². The molecule has 36 heavy (non-hydrogen) atoms. The zero-order valence-corrected chi connectivity index (χ0v) is 20.5. The maximum absolute atomic E-state index is 12.9. The molecule has 3 atom stereocenters. The first-order valence-corrected chi connectivity index (χ1v) is 12.3. The van der Waals surface area contributed by atoms with Crippen molar-refractivity contribution < 1.29 is 4.79 Å². The van der Waals surface area contributed by atoms with Gasteiger partial charge in [0.2, 0.25) is 0 Å². The second-order valence-corrected chi connectivity index (χ2v) is 10.1. The lowest BCUT2D eigenvalue weighted by Crippen LogP contribution is -2.46. The maximum Gasteiger partial charge on any atom is 0.179 e. The van der Waals surface area contributed by atoms with E-state index in [9.17, 15) is 10.1 Å². The highest BCUT2D eigenvalue weighted by Gasteiger charge is 2.49. The minimum atomic E-state index is -0.564. The van der Waals surface area contributed by atoms with Crippen LogP contribution in [0, 0.1) is 30.1 Å². The number of carbonyl (C=O) groups is 1. The molecule has 0 unspecified atom stereocenters. The molecule has 6 nitrogen and oxygen atoms in total. The summed E-state index contributed by atoms with van der Waals surface area (Å²) < 4.78 is 0. The molecule has 0 spiro atoms. The Labute approximate surface area is 209 Å². The molecule has 0 N–H and O–H groups in total. The van der Waals surface area contributed by atoms with Gasteiger partial charge in [0.15, 0.2) is 11.6 Å². The molecule has 2 aliphatic rings. The van der Waals surface area contributed by atoms with Crippen molar-refractivity contribution in [3.63, 3.8) is 0 Å². The number of hydrogen-bond acceptors (Lipinski definition) is 6. The number of rotatable bonds is 2. The van der Waals surface area contributed by atoms with E-state index >= 15 is 0 Å². The van der Waals surface area contributed by atoms with E-state index < -0.39 is 5.41 Å². The first-order chi connectivity index (χ1) is 17.4. The number of allylic oxidation sites excluding steroid dienone is 2. The fourth-order valence-corrected chi connectivity index (χ4v) is 6.01. The van der Waals surface area contributed by atoms with Crippen LogP contribution in [-0.2, 0) is 16.6 Å². The van der Waals surface area contributed by atoms with Crippen molar-refractivity contribution in [3.8, 4) is 28.8 Å². The van der Waals surface area contributed by atoms with Gasteiger partial charge in [-0.15, -0.1) is 0 Å². The van der Waals surface area contributed by atoms with Gasteiger partial charge in [-0.05, 0) is 31.7 Å². The molecule has 0 saturated carbocycles. The van der Waals surface area contributed by atoms with Crippen LogP contribution >= 0.6 is 0 Å². The normalized spacial score (nSPS) is 22.9. The summed E-state index contributed by atoms with van der Waals surface area (Å²) in [6.07, 6.45) is 5.01. The molecular weight excluding hydrogens is 446 g/mol. The molecule has 0 saturated heterocycles. The minimum Gasteiger partial charge on any atom is -0.293 e. The topological polar surface area (TPSA) is 92.4 Å². The Morgan fingerprint density at radius 3 is 2.58 bits per heavy atom. The molecule has 2 aromatic heterocycles. The molecule has 176 valence electrons. The van der Waals surface area contributed by atoms with Crippen LogP contribution in [0.3, 0.4) is 0 Å². The van der Waals surface area contributed by atoms with E-state index in [0.29, 0.717) is 11.5 Å². The standard InChI is InChI=1S/C30H25N5O/c1-17-8-10-19(11-9-17)25-22-12-13-23-18(2)27(36)20(15-31)14-30(23,3)28(22)35-29(34-25)26-21-6-4-5-7-24(21)32-16-33-26/h4-11,14,16,18,23H,12-13H2,1-3H3/t18-,23-,30-/m1/s1. The van der Waals surface area contributed by atoms with E-state index in [1.165, 1.54) is 5.56 Å². The molecule has 2 heterocycles. The highest BCUT2D eigenvalue weighted by atomic mass is 16.1. The van der Waals surface area contributed by atoms with Crippen molar-refractivity contribution in [2.24, 2.45) is 11.8 Å². The minimum absolute atomic E-state index is 0.0605. The van der Waals surface area contributed by atoms with E-state index in [1.54, 1.807) is 6.33 Å². The third kappa shape index (κ3) is 3.27. The zero-order valence-electron chi connectivity index (χ0n) is 20.5. The van der Waals surface area contributed by atoms with Crippen molar-refractivity contribution >= 4 is 16.7 Å². The van der Waals surface area contributed by atoms with E-state index in [0.717, 1.165) is 46.3 Å². The summed E-state index contributed by atoms with van der Waals surface area (Å²) in [4.78, 5) is 32.1. The van der Waals surface area contributed by atoms with Crippen LogP contribution in [0.5, 0.6) is 0 Å². The first kappa shape index (κ1) is 22.2. The predicted molar refractivity (Wildman–Crippen MR) is 138 cm³/mol. The largest absolute Gasteiger partial charge is 0.293 e. The van der Waals surface area contributed by atoms with Gasteiger partial charge in [0.1, 0.15) is 18.1 Å². The lowest BCUT2D eigenvalue weighted by Gasteiger charge is -2.45. The van der Waals surface area contributed by atoms with Crippen molar-refractivity contribution in [1.29, 1.82) is 5.26 Å². The number of nitrogens with zero attached hydrogens (tertiary/aromatic N) is 5. The highest BCUT2D eigenvalue weighted by Crippen LogP contribution is 2.51. The molecule has 0 fully saturated rings. The summed E-state index contributed by atoms with van der Waals surface area (Å²) in [5.41, 5.74) is 6.20. The van der Waals surface area contributed by atoms with Crippen molar-refractivity contribution in [1.82, 2.24) is 19.9 Å². The van der Waals surface area contributed by atoms with Crippen molar-refractivity contribution in [2.75, 3.05) is 0 Å². The number of benzene rings is 2. The van der Waals surface area contributed by atoms with E-state index in [1.807, 2.05) is 37.3 Å². The van der Waals surface area contributed by atoms with Gasteiger partial charge in [-0.25, -0.2) is 19.9 Å². The number of aromatic nitrogens is 4. The maximum atomic E-state index is 12.9. The summed E-state index contributed by atoms with van der Waals surface area (Å²) in [5, 5.41) is 10.6. The predicted octanol–water partition coefficient (Wildman–Crippen LogP) is 5.55. The molecule has 0 radical (unpaired) electrons. The second kappa shape index (κ2) is 8.17. The Balaban J connectivity index is 1.68. The third-order valence-corrected chi connectivity index (χ3v) is 7.92. The van der Waals surface area contributed by atoms with E-state index in [-0.39, 0.29) is 23.2 Å². The molecule has 2 aliphatic carbocycles. The Bertz CT molecular complexity index is 1610. The first-order valence-electron chi connectivity index (χ1n) is 12.3. The fraction of sp³-hybridized carbons (Fsp3) is 0.267. The van der Waals surface area contributed by atoms with Crippen LogP contribution in [0.2, 0.25) is 0 Å². The Morgan fingerprint density at radius 2 is 1.81 bits per heavy atom. The summed E-state index contributed by atoms with van der Waals surface area (Å²) in [5.74, 6) is 0.272.